The van der Waals surface area contributed by atoms with Crippen LogP contribution in [-0.2, 0) is 0 Å². The number of hydrogen-bond acceptors (Lipinski definition) is 5. The molecule has 2 aliphatic rings. The van der Waals surface area contributed by atoms with Crippen LogP contribution in [0, 0.1) is 11.7 Å². The Kier molecular flexibility index (Phi) is 4.40. The van der Waals surface area contributed by atoms with Crippen molar-refractivity contribution in [1.29, 1.82) is 0 Å². The first kappa shape index (κ1) is 17.0. The SMILES string of the molecule is CN1CC[C@@H](COc2ncccc2F)CC12CN(C(=O)c1ccco1)C2. The molecule has 1 amide bonds. The second-order valence-corrected chi connectivity index (χ2v) is 7.24. The van der Waals surface area contributed by atoms with E-state index in [-0.39, 0.29) is 17.3 Å². The van der Waals surface area contributed by atoms with E-state index in [2.05, 4.69) is 16.9 Å². The zero-order valence-corrected chi connectivity index (χ0v) is 14.7. The molecule has 4 rings (SSSR count). The van der Waals surface area contributed by atoms with Crippen molar-refractivity contribution in [3.05, 3.63) is 48.3 Å². The number of piperidine rings is 1. The molecule has 2 saturated heterocycles. The van der Waals surface area contributed by atoms with Gasteiger partial charge in [-0.25, -0.2) is 9.37 Å². The quantitative estimate of drug-likeness (QED) is 0.839. The molecule has 0 N–H and O–H groups in total. The molecule has 0 aliphatic carbocycles. The van der Waals surface area contributed by atoms with Crippen LogP contribution in [0.25, 0.3) is 0 Å². The molecule has 4 heterocycles. The predicted octanol–water partition coefficient (Wildman–Crippen LogP) is 2.43. The van der Waals surface area contributed by atoms with Crippen LogP contribution >= 0.6 is 0 Å². The minimum atomic E-state index is -0.436. The number of likely N-dealkylation sites (N-methyl/N-ethyl adjacent to an activating group) is 1. The minimum absolute atomic E-state index is 0.0306. The number of hydrogen-bond donors (Lipinski definition) is 0. The summed E-state index contributed by atoms with van der Waals surface area (Å²) >= 11 is 0. The van der Waals surface area contributed by atoms with Gasteiger partial charge in [-0.15, -0.1) is 0 Å². The first-order chi connectivity index (χ1) is 12.6. The summed E-state index contributed by atoms with van der Waals surface area (Å²) < 4.78 is 24.5. The Labute approximate surface area is 151 Å². The molecular weight excluding hydrogens is 337 g/mol. The van der Waals surface area contributed by atoms with Crippen molar-refractivity contribution in [3.63, 3.8) is 0 Å². The number of pyridine rings is 1. The lowest BCUT2D eigenvalue weighted by molar-refractivity contribution is -0.0704. The number of carbonyl (C=O) groups excluding carboxylic acids is 1. The van der Waals surface area contributed by atoms with Gasteiger partial charge in [-0.3, -0.25) is 9.69 Å². The lowest BCUT2D eigenvalue weighted by Crippen LogP contribution is -2.72. The van der Waals surface area contributed by atoms with Crippen molar-refractivity contribution in [1.82, 2.24) is 14.8 Å². The summed E-state index contributed by atoms with van der Waals surface area (Å²) in [5.41, 5.74) is -0.0306. The fourth-order valence-electron chi connectivity index (χ4n) is 3.96. The number of carbonyl (C=O) groups is 1. The summed E-state index contributed by atoms with van der Waals surface area (Å²) in [5.74, 6) is 0.248. The number of rotatable bonds is 4. The van der Waals surface area contributed by atoms with E-state index in [1.54, 1.807) is 18.2 Å². The lowest BCUT2D eigenvalue weighted by atomic mass is 9.75. The number of likely N-dealkylation sites (tertiary alicyclic amines) is 2. The molecule has 6 nitrogen and oxygen atoms in total. The highest BCUT2D eigenvalue weighted by molar-refractivity contribution is 5.92. The van der Waals surface area contributed by atoms with E-state index in [4.69, 9.17) is 9.15 Å². The first-order valence-corrected chi connectivity index (χ1v) is 8.85. The summed E-state index contributed by atoms with van der Waals surface area (Å²) in [6, 6.07) is 6.31. The molecule has 2 fully saturated rings. The molecule has 0 aromatic carbocycles. The molecule has 2 aromatic rings. The number of nitrogens with zero attached hydrogens (tertiary/aromatic N) is 3. The molecule has 2 aromatic heterocycles. The van der Waals surface area contributed by atoms with Crippen LogP contribution in [0.3, 0.4) is 0 Å². The monoisotopic (exact) mass is 359 g/mol. The van der Waals surface area contributed by atoms with Gasteiger partial charge < -0.3 is 14.1 Å². The van der Waals surface area contributed by atoms with Crippen LogP contribution in [0.15, 0.2) is 41.1 Å². The van der Waals surface area contributed by atoms with E-state index < -0.39 is 5.82 Å². The maximum Gasteiger partial charge on any atom is 0.289 e. The third-order valence-corrected chi connectivity index (χ3v) is 5.52. The van der Waals surface area contributed by atoms with E-state index >= 15 is 0 Å². The predicted molar refractivity (Wildman–Crippen MR) is 92.4 cm³/mol. The van der Waals surface area contributed by atoms with Crippen molar-refractivity contribution in [2.45, 2.75) is 18.4 Å². The number of aromatic nitrogens is 1. The van der Waals surface area contributed by atoms with Gasteiger partial charge in [0.15, 0.2) is 11.6 Å². The molecular formula is C19H22FN3O3. The maximum absolute atomic E-state index is 13.7. The van der Waals surface area contributed by atoms with Gasteiger partial charge in [0, 0.05) is 19.3 Å². The number of furan rings is 1. The Morgan fingerprint density at radius 2 is 2.27 bits per heavy atom. The normalized spacial score (nSPS) is 22.2. The smallest absolute Gasteiger partial charge is 0.289 e. The highest BCUT2D eigenvalue weighted by atomic mass is 19.1. The third kappa shape index (κ3) is 3.07. The molecule has 7 heteroatoms. The van der Waals surface area contributed by atoms with Crippen molar-refractivity contribution in [2.75, 3.05) is 33.3 Å². The zero-order valence-electron chi connectivity index (χ0n) is 14.7. The van der Waals surface area contributed by atoms with Crippen LogP contribution in [0.2, 0.25) is 0 Å². The van der Waals surface area contributed by atoms with Gasteiger partial charge in [0.25, 0.3) is 5.91 Å². The van der Waals surface area contributed by atoms with Gasteiger partial charge in [-0.2, -0.15) is 0 Å². The van der Waals surface area contributed by atoms with Gasteiger partial charge in [0.1, 0.15) is 0 Å². The van der Waals surface area contributed by atoms with Crippen molar-refractivity contribution in [2.24, 2.45) is 5.92 Å². The van der Waals surface area contributed by atoms with E-state index in [1.807, 2.05) is 4.90 Å². The average Bonchev–Trinajstić information content (AvgIpc) is 3.14. The number of amides is 1. The standard InChI is InChI=1S/C19H22FN3O3/c1-22-8-6-14(11-26-17-15(20)4-2-7-21-17)10-19(22)12-23(13-19)18(24)16-5-3-9-25-16/h2-5,7,9,14H,6,8,10-13H2,1H3/t14-/m1/s1. The van der Waals surface area contributed by atoms with E-state index in [9.17, 15) is 9.18 Å². The maximum atomic E-state index is 13.7. The molecule has 0 unspecified atom stereocenters. The largest absolute Gasteiger partial charge is 0.475 e. The van der Waals surface area contributed by atoms with E-state index in [0.29, 0.717) is 31.4 Å². The van der Waals surface area contributed by atoms with Gasteiger partial charge in [0.2, 0.25) is 5.88 Å². The molecule has 26 heavy (non-hydrogen) atoms. The molecule has 0 saturated carbocycles. The van der Waals surface area contributed by atoms with Crippen LogP contribution in [-0.4, -0.2) is 59.5 Å². The fourth-order valence-corrected chi connectivity index (χ4v) is 3.96. The van der Waals surface area contributed by atoms with E-state index in [0.717, 1.165) is 19.4 Å². The van der Waals surface area contributed by atoms with Crippen molar-refractivity contribution in [3.8, 4) is 5.88 Å². The molecule has 0 bridgehead atoms. The van der Waals surface area contributed by atoms with Gasteiger partial charge in [-0.05, 0) is 56.6 Å². The fraction of sp³-hybridized carbons (Fsp3) is 0.474. The summed E-state index contributed by atoms with van der Waals surface area (Å²) in [6.07, 6.45) is 4.94. The van der Waals surface area contributed by atoms with Crippen LogP contribution in [0.4, 0.5) is 4.39 Å². The van der Waals surface area contributed by atoms with Crippen LogP contribution in [0.1, 0.15) is 23.4 Å². The Hall–Kier alpha value is -2.41. The lowest BCUT2D eigenvalue weighted by Gasteiger charge is -2.58. The van der Waals surface area contributed by atoms with Crippen molar-refractivity contribution >= 4 is 5.91 Å². The van der Waals surface area contributed by atoms with E-state index in [1.165, 1.54) is 18.5 Å². The Bertz CT molecular complexity index is 774. The third-order valence-electron chi connectivity index (χ3n) is 5.52. The Morgan fingerprint density at radius 1 is 1.42 bits per heavy atom. The highest BCUT2D eigenvalue weighted by Gasteiger charge is 2.51. The second kappa shape index (κ2) is 6.72. The Morgan fingerprint density at radius 3 is 3.00 bits per heavy atom. The van der Waals surface area contributed by atoms with Crippen LogP contribution < -0.4 is 4.74 Å². The minimum Gasteiger partial charge on any atom is -0.475 e. The Balaban J connectivity index is 1.36. The molecule has 0 radical (unpaired) electrons. The second-order valence-electron chi connectivity index (χ2n) is 7.24. The summed E-state index contributed by atoms with van der Waals surface area (Å²) in [4.78, 5) is 20.5. The first-order valence-electron chi connectivity index (χ1n) is 8.85. The van der Waals surface area contributed by atoms with Crippen molar-refractivity contribution < 1.29 is 18.3 Å². The van der Waals surface area contributed by atoms with Gasteiger partial charge >= 0.3 is 0 Å². The zero-order chi connectivity index (χ0) is 18.1. The summed E-state index contributed by atoms with van der Waals surface area (Å²) in [5, 5.41) is 0. The molecule has 2 aliphatic heterocycles. The average molecular weight is 359 g/mol. The van der Waals surface area contributed by atoms with Gasteiger partial charge in [0.05, 0.1) is 18.4 Å². The summed E-state index contributed by atoms with van der Waals surface area (Å²) in [7, 11) is 2.10. The molecule has 1 spiro atoms. The summed E-state index contributed by atoms with van der Waals surface area (Å²) in [6.45, 7) is 2.73. The van der Waals surface area contributed by atoms with Crippen LogP contribution in [0.5, 0.6) is 5.88 Å². The molecule has 138 valence electrons. The van der Waals surface area contributed by atoms with Gasteiger partial charge in [-0.1, -0.05) is 0 Å². The highest BCUT2D eigenvalue weighted by Crippen LogP contribution is 2.39. The number of halogens is 1. The molecule has 1 atom stereocenters. The topological polar surface area (TPSA) is 58.8 Å². The number of ether oxygens (including phenoxy) is 1.